The Kier molecular flexibility index (Phi) is 5.31. The molecule has 2 N–H and O–H groups in total. The molecule has 0 spiro atoms. The molecule has 0 atom stereocenters. The molecule has 0 fully saturated rings. The lowest BCUT2D eigenvalue weighted by atomic mass is 10.1. The van der Waals surface area contributed by atoms with Gasteiger partial charge in [-0.1, -0.05) is 18.2 Å². The molecule has 3 nitrogen and oxygen atoms in total. The number of rotatable bonds is 6. The van der Waals surface area contributed by atoms with Crippen LogP contribution in [0.5, 0.6) is 11.5 Å². The zero-order valence-electron chi connectivity index (χ0n) is 13.9. The molecule has 0 amide bonds. The lowest BCUT2D eigenvalue weighted by molar-refractivity contribution is 0.245. The Morgan fingerprint density at radius 1 is 0.818 bits per heavy atom. The standard InChI is InChI=1S/C19H25NO2/c1-13-6-7-15(3)19(16(13)4)22-11-5-10-21-18-12-17(20)9-8-14(18)2/h6-9,12H,5,10-11,20H2,1-4H3. The van der Waals surface area contributed by atoms with Crippen molar-refractivity contribution in [2.45, 2.75) is 34.1 Å². The predicted octanol–water partition coefficient (Wildman–Crippen LogP) is 4.35. The van der Waals surface area contributed by atoms with Gasteiger partial charge in [0.1, 0.15) is 11.5 Å². The summed E-state index contributed by atoms with van der Waals surface area (Å²) in [5.41, 5.74) is 11.2. The first-order valence-electron chi connectivity index (χ1n) is 7.67. The van der Waals surface area contributed by atoms with Gasteiger partial charge in [0.25, 0.3) is 0 Å². The number of hydrogen-bond donors (Lipinski definition) is 1. The molecule has 22 heavy (non-hydrogen) atoms. The average Bonchev–Trinajstić information content (AvgIpc) is 2.49. The Morgan fingerprint density at radius 3 is 2.23 bits per heavy atom. The average molecular weight is 299 g/mol. The van der Waals surface area contributed by atoms with E-state index in [1.165, 1.54) is 16.7 Å². The first kappa shape index (κ1) is 16.2. The van der Waals surface area contributed by atoms with Gasteiger partial charge in [-0.25, -0.2) is 0 Å². The summed E-state index contributed by atoms with van der Waals surface area (Å²) in [5.74, 6) is 1.85. The minimum absolute atomic E-state index is 0.619. The molecule has 0 saturated carbocycles. The Labute approximate surface area is 133 Å². The van der Waals surface area contributed by atoms with Crippen molar-refractivity contribution in [3.8, 4) is 11.5 Å². The van der Waals surface area contributed by atoms with Crippen LogP contribution >= 0.6 is 0 Å². The molecule has 0 aliphatic heterocycles. The minimum atomic E-state index is 0.619. The van der Waals surface area contributed by atoms with Crippen LogP contribution < -0.4 is 15.2 Å². The first-order chi connectivity index (χ1) is 10.5. The third-order valence-corrected chi connectivity index (χ3v) is 3.88. The van der Waals surface area contributed by atoms with Crippen LogP contribution in [0, 0.1) is 27.7 Å². The van der Waals surface area contributed by atoms with Crippen molar-refractivity contribution >= 4 is 5.69 Å². The topological polar surface area (TPSA) is 44.5 Å². The smallest absolute Gasteiger partial charge is 0.125 e. The van der Waals surface area contributed by atoms with Crippen LogP contribution in [0.1, 0.15) is 28.7 Å². The maximum atomic E-state index is 5.94. The summed E-state index contributed by atoms with van der Waals surface area (Å²) in [6, 6.07) is 9.95. The van der Waals surface area contributed by atoms with E-state index in [4.69, 9.17) is 15.2 Å². The molecule has 0 bridgehead atoms. The fourth-order valence-electron chi connectivity index (χ4n) is 2.34. The van der Waals surface area contributed by atoms with Gasteiger partial charge >= 0.3 is 0 Å². The minimum Gasteiger partial charge on any atom is -0.493 e. The molecular weight excluding hydrogens is 274 g/mol. The van der Waals surface area contributed by atoms with E-state index in [1.54, 1.807) is 0 Å². The molecule has 0 aromatic heterocycles. The molecule has 3 heteroatoms. The van der Waals surface area contributed by atoms with E-state index in [2.05, 4.69) is 32.9 Å². The zero-order chi connectivity index (χ0) is 16.1. The molecule has 0 aliphatic rings. The summed E-state index contributed by atoms with van der Waals surface area (Å²) in [6.45, 7) is 9.57. The molecule has 118 valence electrons. The lowest BCUT2D eigenvalue weighted by Crippen LogP contribution is -2.07. The van der Waals surface area contributed by atoms with Gasteiger partial charge in [-0.05, 0) is 56.0 Å². The first-order valence-corrected chi connectivity index (χ1v) is 7.67. The van der Waals surface area contributed by atoms with Crippen LogP contribution in [-0.4, -0.2) is 13.2 Å². The van der Waals surface area contributed by atoms with Gasteiger partial charge < -0.3 is 15.2 Å². The number of aryl methyl sites for hydroxylation is 3. The second-order valence-electron chi connectivity index (χ2n) is 5.73. The van der Waals surface area contributed by atoms with E-state index >= 15 is 0 Å². The molecule has 0 radical (unpaired) electrons. The lowest BCUT2D eigenvalue weighted by Gasteiger charge is -2.14. The van der Waals surface area contributed by atoms with E-state index in [-0.39, 0.29) is 0 Å². The van der Waals surface area contributed by atoms with Crippen molar-refractivity contribution in [1.82, 2.24) is 0 Å². The SMILES string of the molecule is Cc1ccc(N)cc1OCCCOc1c(C)ccc(C)c1C. The maximum absolute atomic E-state index is 5.94. The van der Waals surface area contributed by atoms with Gasteiger partial charge in [0.05, 0.1) is 13.2 Å². The van der Waals surface area contributed by atoms with Crippen molar-refractivity contribution in [2.24, 2.45) is 0 Å². The summed E-state index contributed by atoms with van der Waals surface area (Å²) in [5, 5.41) is 0. The van der Waals surface area contributed by atoms with Crippen molar-refractivity contribution in [3.05, 3.63) is 52.6 Å². The van der Waals surface area contributed by atoms with Gasteiger partial charge in [0, 0.05) is 18.2 Å². The van der Waals surface area contributed by atoms with E-state index < -0.39 is 0 Å². The third kappa shape index (κ3) is 3.94. The molecule has 2 aromatic carbocycles. The fraction of sp³-hybridized carbons (Fsp3) is 0.368. The summed E-state index contributed by atoms with van der Waals surface area (Å²) in [7, 11) is 0. The van der Waals surface area contributed by atoms with Crippen molar-refractivity contribution in [2.75, 3.05) is 18.9 Å². The van der Waals surface area contributed by atoms with E-state index in [1.807, 2.05) is 25.1 Å². The second-order valence-corrected chi connectivity index (χ2v) is 5.73. The van der Waals surface area contributed by atoms with Crippen LogP contribution in [0.25, 0.3) is 0 Å². The Morgan fingerprint density at radius 2 is 1.45 bits per heavy atom. The third-order valence-electron chi connectivity index (χ3n) is 3.88. The Hall–Kier alpha value is -2.16. The quantitative estimate of drug-likeness (QED) is 0.637. The van der Waals surface area contributed by atoms with Crippen LogP contribution in [-0.2, 0) is 0 Å². The molecular formula is C19H25NO2. The molecule has 0 unspecified atom stereocenters. The van der Waals surface area contributed by atoms with Crippen LogP contribution in [0.4, 0.5) is 5.69 Å². The molecule has 0 saturated heterocycles. The summed E-state index contributed by atoms with van der Waals surface area (Å²) < 4.78 is 11.7. The number of ether oxygens (including phenoxy) is 2. The fourth-order valence-corrected chi connectivity index (χ4v) is 2.34. The largest absolute Gasteiger partial charge is 0.493 e. The highest BCUT2D eigenvalue weighted by atomic mass is 16.5. The number of benzene rings is 2. The molecule has 0 aliphatic carbocycles. The van der Waals surface area contributed by atoms with E-state index in [0.717, 1.165) is 29.2 Å². The van der Waals surface area contributed by atoms with Crippen LogP contribution in [0.15, 0.2) is 30.3 Å². The van der Waals surface area contributed by atoms with Crippen molar-refractivity contribution in [1.29, 1.82) is 0 Å². The number of nitrogens with two attached hydrogens (primary N) is 1. The highest BCUT2D eigenvalue weighted by Gasteiger charge is 2.06. The summed E-state index contributed by atoms with van der Waals surface area (Å²) in [4.78, 5) is 0. The van der Waals surface area contributed by atoms with E-state index in [9.17, 15) is 0 Å². The Bertz CT molecular complexity index is 650. The van der Waals surface area contributed by atoms with Crippen LogP contribution in [0.3, 0.4) is 0 Å². The molecule has 0 heterocycles. The van der Waals surface area contributed by atoms with Gasteiger partial charge in [-0.2, -0.15) is 0 Å². The highest BCUT2D eigenvalue weighted by molar-refractivity contribution is 5.48. The number of nitrogen functional groups attached to an aromatic ring is 1. The second kappa shape index (κ2) is 7.21. The van der Waals surface area contributed by atoms with Gasteiger partial charge in [-0.15, -0.1) is 0 Å². The summed E-state index contributed by atoms with van der Waals surface area (Å²) in [6.07, 6.45) is 0.834. The molecule has 2 rings (SSSR count). The molecule has 2 aromatic rings. The number of anilines is 1. The highest BCUT2D eigenvalue weighted by Crippen LogP contribution is 2.26. The van der Waals surface area contributed by atoms with Crippen molar-refractivity contribution < 1.29 is 9.47 Å². The predicted molar refractivity (Wildman–Crippen MR) is 91.9 cm³/mol. The van der Waals surface area contributed by atoms with Gasteiger partial charge in [0.15, 0.2) is 0 Å². The summed E-state index contributed by atoms with van der Waals surface area (Å²) >= 11 is 0. The van der Waals surface area contributed by atoms with Gasteiger partial charge in [-0.3, -0.25) is 0 Å². The Balaban J connectivity index is 1.83. The van der Waals surface area contributed by atoms with Gasteiger partial charge in [0.2, 0.25) is 0 Å². The number of hydrogen-bond acceptors (Lipinski definition) is 3. The van der Waals surface area contributed by atoms with Crippen molar-refractivity contribution in [3.63, 3.8) is 0 Å². The zero-order valence-corrected chi connectivity index (χ0v) is 13.9. The monoisotopic (exact) mass is 299 g/mol. The maximum Gasteiger partial charge on any atom is 0.125 e. The van der Waals surface area contributed by atoms with E-state index in [0.29, 0.717) is 13.2 Å². The normalized spacial score (nSPS) is 10.5. The van der Waals surface area contributed by atoms with Crippen LogP contribution in [0.2, 0.25) is 0 Å².